The predicted octanol–water partition coefficient (Wildman–Crippen LogP) is 3.12. The summed E-state index contributed by atoms with van der Waals surface area (Å²) in [6, 6.07) is 12.8. The number of carbonyl (C=O) groups is 1. The second-order valence-electron chi connectivity index (χ2n) is 5.47. The highest BCUT2D eigenvalue weighted by molar-refractivity contribution is 6.02. The van der Waals surface area contributed by atoms with Gasteiger partial charge in [-0.1, -0.05) is 36.4 Å². The maximum absolute atomic E-state index is 14.1. The van der Waals surface area contributed by atoms with Gasteiger partial charge in [0.15, 0.2) is 0 Å². The molecule has 0 fully saturated rings. The van der Waals surface area contributed by atoms with Crippen molar-refractivity contribution in [2.45, 2.75) is 25.3 Å². The summed E-state index contributed by atoms with van der Waals surface area (Å²) in [4.78, 5) is 11.6. The molecule has 3 rings (SSSR count). The second kappa shape index (κ2) is 5.30. The highest BCUT2D eigenvalue weighted by Gasteiger charge is 2.30. The Kier molecular flexibility index (Phi) is 3.47. The van der Waals surface area contributed by atoms with Crippen LogP contribution in [0.1, 0.15) is 35.6 Å². The molecule has 0 radical (unpaired) electrons. The van der Waals surface area contributed by atoms with Crippen molar-refractivity contribution < 1.29 is 9.18 Å². The van der Waals surface area contributed by atoms with Crippen molar-refractivity contribution in [2.24, 2.45) is 5.73 Å². The standard InChI is InChI=1S/C17H17FN2O/c1-10-13-8-12(9-14(18)16(13)20-17(10)21)15(19)7-11-5-3-2-4-6-11/h2-6,8-10,15H,7,19H2,1H3,(H,20,21). The fraction of sp³-hybridized carbons (Fsp3) is 0.235. The van der Waals surface area contributed by atoms with E-state index in [1.807, 2.05) is 36.4 Å². The molecule has 1 aliphatic heterocycles. The van der Waals surface area contributed by atoms with E-state index in [2.05, 4.69) is 5.32 Å². The molecule has 4 heteroatoms. The van der Waals surface area contributed by atoms with Crippen molar-refractivity contribution in [2.75, 3.05) is 5.32 Å². The molecule has 1 heterocycles. The van der Waals surface area contributed by atoms with Gasteiger partial charge in [0.05, 0.1) is 11.6 Å². The van der Waals surface area contributed by atoms with Crippen LogP contribution in [0.15, 0.2) is 42.5 Å². The molecule has 1 aliphatic rings. The summed E-state index contributed by atoms with van der Waals surface area (Å²) < 4.78 is 14.1. The first-order valence-electron chi connectivity index (χ1n) is 7.00. The number of hydrogen-bond donors (Lipinski definition) is 2. The third-order valence-electron chi connectivity index (χ3n) is 3.98. The van der Waals surface area contributed by atoms with E-state index in [4.69, 9.17) is 5.73 Å². The summed E-state index contributed by atoms with van der Waals surface area (Å²) in [6.45, 7) is 1.77. The van der Waals surface area contributed by atoms with Crippen molar-refractivity contribution in [3.05, 3.63) is 65.0 Å². The molecule has 3 nitrogen and oxygen atoms in total. The van der Waals surface area contributed by atoms with E-state index >= 15 is 0 Å². The van der Waals surface area contributed by atoms with E-state index in [1.165, 1.54) is 6.07 Å². The molecule has 0 aliphatic carbocycles. The Morgan fingerprint density at radius 2 is 2.00 bits per heavy atom. The quantitative estimate of drug-likeness (QED) is 0.910. The number of hydrogen-bond acceptors (Lipinski definition) is 2. The van der Waals surface area contributed by atoms with Crippen molar-refractivity contribution in [1.82, 2.24) is 0 Å². The highest BCUT2D eigenvalue weighted by atomic mass is 19.1. The van der Waals surface area contributed by atoms with Gasteiger partial charge in [0.2, 0.25) is 5.91 Å². The van der Waals surface area contributed by atoms with E-state index in [1.54, 1.807) is 6.92 Å². The summed E-state index contributed by atoms with van der Waals surface area (Å²) in [5.41, 5.74) is 9.01. The van der Waals surface area contributed by atoms with Crippen LogP contribution >= 0.6 is 0 Å². The van der Waals surface area contributed by atoms with Gasteiger partial charge in [0, 0.05) is 6.04 Å². The first kappa shape index (κ1) is 13.8. The van der Waals surface area contributed by atoms with E-state index in [-0.39, 0.29) is 17.9 Å². The molecule has 2 atom stereocenters. The Balaban J connectivity index is 1.90. The monoisotopic (exact) mass is 284 g/mol. The molecule has 1 amide bonds. The highest BCUT2D eigenvalue weighted by Crippen LogP contribution is 2.36. The second-order valence-corrected chi connectivity index (χ2v) is 5.47. The smallest absolute Gasteiger partial charge is 0.231 e. The van der Waals surface area contributed by atoms with Crippen LogP contribution in [0.5, 0.6) is 0 Å². The number of amides is 1. The fourth-order valence-corrected chi connectivity index (χ4v) is 2.70. The number of benzene rings is 2. The van der Waals surface area contributed by atoms with Crippen LogP contribution in [0.4, 0.5) is 10.1 Å². The molecule has 2 aromatic carbocycles. The first-order chi connectivity index (χ1) is 10.1. The number of anilines is 1. The van der Waals surface area contributed by atoms with Crippen LogP contribution in [-0.2, 0) is 11.2 Å². The Labute approximate surface area is 123 Å². The van der Waals surface area contributed by atoms with E-state index in [0.29, 0.717) is 17.7 Å². The molecule has 0 spiro atoms. The van der Waals surface area contributed by atoms with Crippen LogP contribution in [0.2, 0.25) is 0 Å². The van der Waals surface area contributed by atoms with E-state index in [9.17, 15) is 9.18 Å². The van der Waals surface area contributed by atoms with Crippen molar-refractivity contribution >= 4 is 11.6 Å². The van der Waals surface area contributed by atoms with Gasteiger partial charge >= 0.3 is 0 Å². The Hall–Kier alpha value is -2.20. The third kappa shape index (κ3) is 2.54. The number of nitrogens with two attached hydrogens (primary N) is 1. The number of halogens is 1. The summed E-state index contributed by atoms with van der Waals surface area (Å²) in [5.74, 6) is -0.917. The summed E-state index contributed by atoms with van der Waals surface area (Å²) >= 11 is 0. The minimum atomic E-state index is -0.413. The third-order valence-corrected chi connectivity index (χ3v) is 3.98. The zero-order valence-corrected chi connectivity index (χ0v) is 11.8. The maximum Gasteiger partial charge on any atom is 0.231 e. The molecule has 21 heavy (non-hydrogen) atoms. The largest absolute Gasteiger partial charge is 0.324 e. The van der Waals surface area contributed by atoms with Gasteiger partial charge in [-0.3, -0.25) is 4.79 Å². The zero-order valence-electron chi connectivity index (χ0n) is 11.8. The molecule has 2 aromatic rings. The number of nitrogens with one attached hydrogen (secondary N) is 1. The van der Waals surface area contributed by atoms with Gasteiger partial charge in [0.1, 0.15) is 5.82 Å². The lowest BCUT2D eigenvalue weighted by Gasteiger charge is -2.14. The lowest BCUT2D eigenvalue weighted by molar-refractivity contribution is -0.116. The number of carbonyl (C=O) groups excluding carboxylic acids is 1. The van der Waals surface area contributed by atoms with Gasteiger partial charge in [0.25, 0.3) is 0 Å². The van der Waals surface area contributed by atoms with Gasteiger partial charge in [-0.05, 0) is 36.1 Å². The van der Waals surface area contributed by atoms with Gasteiger partial charge in [-0.15, -0.1) is 0 Å². The van der Waals surface area contributed by atoms with Gasteiger partial charge < -0.3 is 11.1 Å². The summed E-state index contributed by atoms with van der Waals surface area (Å²) in [7, 11) is 0. The van der Waals surface area contributed by atoms with Crippen molar-refractivity contribution in [3.8, 4) is 0 Å². The van der Waals surface area contributed by atoms with E-state index < -0.39 is 5.82 Å². The molecular weight excluding hydrogens is 267 g/mol. The lowest BCUT2D eigenvalue weighted by atomic mass is 9.94. The fourth-order valence-electron chi connectivity index (χ4n) is 2.70. The molecular formula is C17H17FN2O. The minimum Gasteiger partial charge on any atom is -0.324 e. The van der Waals surface area contributed by atoms with Gasteiger partial charge in [-0.2, -0.15) is 0 Å². The molecule has 0 bridgehead atoms. The van der Waals surface area contributed by atoms with Crippen LogP contribution in [-0.4, -0.2) is 5.91 Å². The molecule has 3 N–H and O–H groups in total. The molecule has 2 unspecified atom stereocenters. The predicted molar refractivity (Wildman–Crippen MR) is 80.5 cm³/mol. The SMILES string of the molecule is CC1C(=O)Nc2c(F)cc(C(N)Cc3ccccc3)cc21. The van der Waals surface area contributed by atoms with E-state index in [0.717, 1.165) is 11.1 Å². The van der Waals surface area contributed by atoms with Crippen LogP contribution in [0, 0.1) is 5.82 Å². The topological polar surface area (TPSA) is 55.1 Å². The first-order valence-corrected chi connectivity index (χ1v) is 7.00. The maximum atomic E-state index is 14.1. The van der Waals surface area contributed by atoms with Crippen LogP contribution in [0.25, 0.3) is 0 Å². The average Bonchev–Trinajstić information content (AvgIpc) is 2.77. The average molecular weight is 284 g/mol. The molecule has 0 saturated heterocycles. The van der Waals surface area contributed by atoms with Gasteiger partial charge in [-0.25, -0.2) is 4.39 Å². The van der Waals surface area contributed by atoms with Crippen molar-refractivity contribution in [1.29, 1.82) is 0 Å². The number of fused-ring (bicyclic) bond motifs is 1. The Morgan fingerprint density at radius 1 is 1.29 bits per heavy atom. The van der Waals surface area contributed by atoms with Crippen LogP contribution in [0.3, 0.4) is 0 Å². The molecule has 0 aromatic heterocycles. The normalized spacial score (nSPS) is 18.2. The number of rotatable bonds is 3. The Bertz CT molecular complexity index is 685. The zero-order chi connectivity index (χ0) is 15.0. The van der Waals surface area contributed by atoms with Crippen LogP contribution < -0.4 is 11.1 Å². The minimum absolute atomic E-state index is 0.169. The summed E-state index contributed by atoms with van der Waals surface area (Å²) in [5, 5.41) is 2.58. The summed E-state index contributed by atoms with van der Waals surface area (Å²) in [6.07, 6.45) is 0.634. The Morgan fingerprint density at radius 3 is 2.71 bits per heavy atom. The molecule has 0 saturated carbocycles. The van der Waals surface area contributed by atoms with Crippen molar-refractivity contribution in [3.63, 3.8) is 0 Å². The molecule has 108 valence electrons. The lowest BCUT2D eigenvalue weighted by Crippen LogP contribution is -2.14.